The Hall–Kier alpha value is -3.51. The molecule has 7 heteroatoms. The molecular formula is C27H26ClNO5. The second-order valence-electron chi connectivity index (χ2n) is 8.62. The van der Waals surface area contributed by atoms with Crippen LogP contribution < -0.4 is 4.74 Å². The molecule has 6 nitrogen and oxygen atoms in total. The normalized spacial score (nSPS) is 17.5. The summed E-state index contributed by atoms with van der Waals surface area (Å²) in [6, 6.07) is 16.4. The van der Waals surface area contributed by atoms with Crippen molar-refractivity contribution in [1.82, 2.24) is 4.90 Å². The van der Waals surface area contributed by atoms with E-state index in [0.717, 1.165) is 6.42 Å². The SMILES string of the molecule is CC(C)CCOc1cccc(C2C(=C(O)c3ccc(Cl)cc3)C(=O)C(=O)N2Cc2ccco2)c1. The van der Waals surface area contributed by atoms with Gasteiger partial charge in [0.1, 0.15) is 17.3 Å². The maximum atomic E-state index is 13.1. The molecule has 3 aromatic rings. The van der Waals surface area contributed by atoms with Crippen LogP contribution in [0.4, 0.5) is 0 Å². The number of ether oxygens (including phenoxy) is 1. The summed E-state index contributed by atoms with van der Waals surface area (Å²) in [4.78, 5) is 27.6. The molecule has 1 fully saturated rings. The summed E-state index contributed by atoms with van der Waals surface area (Å²) in [6.07, 6.45) is 2.41. The molecule has 1 unspecified atom stereocenters. The lowest BCUT2D eigenvalue weighted by Crippen LogP contribution is -2.29. The lowest BCUT2D eigenvalue weighted by Gasteiger charge is -2.25. The molecule has 2 heterocycles. The van der Waals surface area contributed by atoms with Crippen molar-refractivity contribution >= 4 is 29.1 Å². The molecule has 0 bridgehead atoms. The minimum atomic E-state index is -0.811. The van der Waals surface area contributed by atoms with Crippen LogP contribution in [0.15, 0.2) is 76.9 Å². The molecule has 1 saturated heterocycles. The van der Waals surface area contributed by atoms with Crippen LogP contribution in [0, 0.1) is 5.92 Å². The number of aliphatic hydroxyl groups is 1. The van der Waals surface area contributed by atoms with Crippen molar-refractivity contribution in [2.45, 2.75) is 32.9 Å². The fourth-order valence-electron chi connectivity index (χ4n) is 3.91. The topological polar surface area (TPSA) is 80.0 Å². The van der Waals surface area contributed by atoms with Gasteiger partial charge in [-0.15, -0.1) is 0 Å². The Kier molecular flexibility index (Phi) is 7.08. The van der Waals surface area contributed by atoms with Crippen molar-refractivity contribution in [2.24, 2.45) is 5.92 Å². The molecule has 1 aliphatic rings. The van der Waals surface area contributed by atoms with Gasteiger partial charge in [-0.25, -0.2) is 0 Å². The van der Waals surface area contributed by atoms with Gasteiger partial charge in [-0.05, 0) is 66.4 Å². The van der Waals surface area contributed by atoms with Crippen molar-refractivity contribution in [3.8, 4) is 5.75 Å². The van der Waals surface area contributed by atoms with Crippen molar-refractivity contribution in [1.29, 1.82) is 0 Å². The second-order valence-corrected chi connectivity index (χ2v) is 9.05. The fraction of sp³-hybridized carbons (Fsp3) is 0.259. The number of ketones is 1. The van der Waals surface area contributed by atoms with Gasteiger partial charge in [0, 0.05) is 10.6 Å². The summed E-state index contributed by atoms with van der Waals surface area (Å²) >= 11 is 5.98. The van der Waals surface area contributed by atoms with Crippen molar-refractivity contribution in [3.63, 3.8) is 0 Å². The highest BCUT2D eigenvalue weighted by Gasteiger charge is 2.46. The predicted octanol–water partition coefficient (Wildman–Crippen LogP) is 5.98. The number of benzene rings is 2. The minimum absolute atomic E-state index is 0.0122. The van der Waals surface area contributed by atoms with Crippen LogP contribution in [-0.4, -0.2) is 28.3 Å². The smallest absolute Gasteiger partial charge is 0.296 e. The number of nitrogens with zero attached hydrogens (tertiary/aromatic N) is 1. The minimum Gasteiger partial charge on any atom is -0.507 e. The van der Waals surface area contributed by atoms with Gasteiger partial charge in [-0.1, -0.05) is 37.6 Å². The summed E-state index contributed by atoms with van der Waals surface area (Å²) < 4.78 is 11.3. The Morgan fingerprint density at radius 1 is 1.12 bits per heavy atom. The highest BCUT2D eigenvalue weighted by atomic mass is 35.5. The average Bonchev–Trinajstić information content (AvgIpc) is 3.41. The molecule has 1 aromatic heterocycles. The highest BCUT2D eigenvalue weighted by Crippen LogP contribution is 2.41. The average molecular weight is 480 g/mol. The molecule has 2 aromatic carbocycles. The Bertz CT molecular complexity index is 1200. The number of furan rings is 1. The third-order valence-electron chi connectivity index (χ3n) is 5.70. The first-order valence-electron chi connectivity index (χ1n) is 11.1. The molecule has 0 aliphatic carbocycles. The van der Waals surface area contributed by atoms with Gasteiger partial charge in [-0.3, -0.25) is 9.59 Å². The highest BCUT2D eigenvalue weighted by molar-refractivity contribution is 6.46. The maximum absolute atomic E-state index is 13.1. The van der Waals surface area contributed by atoms with E-state index in [4.69, 9.17) is 20.8 Å². The van der Waals surface area contributed by atoms with E-state index in [2.05, 4.69) is 13.8 Å². The molecule has 176 valence electrons. The molecule has 0 saturated carbocycles. The number of amides is 1. The van der Waals surface area contributed by atoms with Gasteiger partial charge < -0.3 is 19.2 Å². The summed E-state index contributed by atoms with van der Waals surface area (Å²) in [7, 11) is 0. The van der Waals surface area contributed by atoms with Gasteiger partial charge in [0.05, 0.1) is 31.0 Å². The molecular weight excluding hydrogens is 454 g/mol. The van der Waals surface area contributed by atoms with Crippen LogP contribution in [-0.2, 0) is 16.1 Å². The number of rotatable bonds is 8. The number of aliphatic hydroxyl groups excluding tert-OH is 1. The Morgan fingerprint density at radius 2 is 1.88 bits per heavy atom. The van der Waals surface area contributed by atoms with Crippen LogP contribution in [0.5, 0.6) is 5.75 Å². The number of carbonyl (C=O) groups excluding carboxylic acids is 2. The Morgan fingerprint density at radius 3 is 2.56 bits per heavy atom. The zero-order valence-electron chi connectivity index (χ0n) is 19.0. The Balaban J connectivity index is 1.77. The fourth-order valence-corrected chi connectivity index (χ4v) is 4.04. The number of carbonyl (C=O) groups is 2. The molecule has 1 amide bonds. The summed E-state index contributed by atoms with van der Waals surface area (Å²) in [6.45, 7) is 4.88. The third kappa shape index (κ3) is 5.02. The lowest BCUT2D eigenvalue weighted by molar-refractivity contribution is -0.140. The molecule has 0 radical (unpaired) electrons. The predicted molar refractivity (Wildman–Crippen MR) is 129 cm³/mol. The molecule has 1 N–H and O–H groups in total. The first-order chi connectivity index (χ1) is 16.3. The van der Waals surface area contributed by atoms with Crippen molar-refractivity contribution < 1.29 is 23.8 Å². The van der Waals surface area contributed by atoms with E-state index in [1.54, 1.807) is 42.5 Å². The number of halogens is 1. The monoisotopic (exact) mass is 479 g/mol. The molecule has 0 spiro atoms. The largest absolute Gasteiger partial charge is 0.507 e. The van der Waals surface area contributed by atoms with Crippen LogP contribution in [0.2, 0.25) is 5.02 Å². The number of Topliss-reactive ketones (excluding diaryl/α,β-unsaturated/α-hetero) is 1. The summed E-state index contributed by atoms with van der Waals surface area (Å²) in [5.41, 5.74) is 1.07. The number of hydrogen-bond donors (Lipinski definition) is 1. The van der Waals surface area contributed by atoms with Gasteiger partial charge in [0.25, 0.3) is 11.7 Å². The quantitative estimate of drug-likeness (QED) is 0.244. The second kappa shape index (κ2) is 10.2. The third-order valence-corrected chi connectivity index (χ3v) is 5.95. The number of likely N-dealkylation sites (tertiary alicyclic amines) is 1. The summed E-state index contributed by atoms with van der Waals surface area (Å²) in [5, 5.41) is 11.6. The van der Waals surface area contributed by atoms with Crippen LogP contribution in [0.25, 0.3) is 5.76 Å². The van der Waals surface area contributed by atoms with E-state index in [1.165, 1.54) is 11.2 Å². The lowest BCUT2D eigenvalue weighted by atomic mass is 9.95. The molecule has 4 rings (SSSR count). The van der Waals surface area contributed by atoms with E-state index in [0.29, 0.717) is 40.2 Å². The van der Waals surface area contributed by atoms with Gasteiger partial charge >= 0.3 is 0 Å². The zero-order chi connectivity index (χ0) is 24.2. The van der Waals surface area contributed by atoms with Crippen molar-refractivity contribution in [2.75, 3.05) is 6.61 Å². The van der Waals surface area contributed by atoms with Crippen LogP contribution in [0.1, 0.15) is 43.2 Å². The van der Waals surface area contributed by atoms with Gasteiger partial charge in [0.15, 0.2) is 0 Å². The van der Waals surface area contributed by atoms with Crippen molar-refractivity contribution in [3.05, 3.63) is 94.4 Å². The molecule has 1 atom stereocenters. The first kappa shape index (κ1) is 23.6. The van der Waals surface area contributed by atoms with Gasteiger partial charge in [0.2, 0.25) is 0 Å². The van der Waals surface area contributed by atoms with E-state index >= 15 is 0 Å². The number of hydrogen-bond acceptors (Lipinski definition) is 5. The maximum Gasteiger partial charge on any atom is 0.296 e. The molecule has 34 heavy (non-hydrogen) atoms. The van der Waals surface area contributed by atoms with E-state index in [1.807, 2.05) is 18.2 Å². The van der Waals surface area contributed by atoms with E-state index in [-0.39, 0.29) is 17.9 Å². The van der Waals surface area contributed by atoms with Crippen LogP contribution in [0.3, 0.4) is 0 Å². The first-order valence-corrected chi connectivity index (χ1v) is 11.5. The van der Waals surface area contributed by atoms with Crippen LogP contribution >= 0.6 is 11.6 Å². The van der Waals surface area contributed by atoms with Gasteiger partial charge in [-0.2, -0.15) is 0 Å². The standard InChI is InChI=1S/C27H26ClNO5/c1-17(2)12-14-34-21-6-3-5-19(15-21)24-23(25(30)18-8-10-20(28)11-9-18)26(31)27(32)29(24)16-22-7-4-13-33-22/h3-11,13,15,17,24,30H,12,14,16H2,1-2H3. The molecule has 1 aliphatic heterocycles. The zero-order valence-corrected chi connectivity index (χ0v) is 19.8. The summed E-state index contributed by atoms with van der Waals surface area (Å²) in [5.74, 6) is -0.0508. The van der Waals surface area contributed by atoms with E-state index < -0.39 is 17.7 Å². The van der Waals surface area contributed by atoms with E-state index in [9.17, 15) is 14.7 Å². The Labute approximate surface area is 203 Å².